The van der Waals surface area contributed by atoms with Gasteiger partial charge in [-0.1, -0.05) is 0 Å². The molecule has 0 amide bonds. The van der Waals surface area contributed by atoms with Gasteiger partial charge in [-0.05, 0) is 56.9 Å². The summed E-state index contributed by atoms with van der Waals surface area (Å²) in [6, 6.07) is 5.17. The third-order valence-electron chi connectivity index (χ3n) is 4.73. The average molecular weight is 355 g/mol. The van der Waals surface area contributed by atoms with Crippen molar-refractivity contribution in [3.8, 4) is 11.5 Å². The van der Waals surface area contributed by atoms with E-state index in [0.29, 0.717) is 0 Å². The van der Waals surface area contributed by atoms with Crippen molar-refractivity contribution in [1.29, 1.82) is 0 Å². The van der Waals surface area contributed by atoms with Gasteiger partial charge in [0.1, 0.15) is 28.0 Å². The molecular formula is C19H21N3O2S. The van der Waals surface area contributed by atoms with Gasteiger partial charge in [0, 0.05) is 10.4 Å². The van der Waals surface area contributed by atoms with E-state index in [1.165, 1.54) is 16.9 Å². The smallest absolute Gasteiger partial charge is 0.139 e. The van der Waals surface area contributed by atoms with Gasteiger partial charge < -0.3 is 15.2 Å². The number of aryl methyl sites for hydroxylation is 3. The highest BCUT2D eigenvalue weighted by atomic mass is 32.1. The Morgan fingerprint density at radius 2 is 2.12 bits per heavy atom. The topological polar surface area (TPSA) is 67.3 Å². The fourth-order valence-corrected chi connectivity index (χ4v) is 4.80. The number of anilines is 1. The largest absolute Gasteiger partial charge is 0.508 e. The van der Waals surface area contributed by atoms with Crippen LogP contribution in [0, 0.1) is 6.92 Å². The van der Waals surface area contributed by atoms with Crippen LogP contribution >= 0.6 is 11.3 Å². The molecule has 0 aliphatic heterocycles. The quantitative estimate of drug-likeness (QED) is 0.727. The second-order valence-corrected chi connectivity index (χ2v) is 7.53. The molecule has 1 unspecified atom stereocenters. The van der Waals surface area contributed by atoms with Crippen LogP contribution in [0.5, 0.6) is 11.5 Å². The van der Waals surface area contributed by atoms with Crippen LogP contribution in [0.4, 0.5) is 5.82 Å². The third kappa shape index (κ3) is 2.80. The molecule has 4 rings (SSSR count). The third-order valence-corrected chi connectivity index (χ3v) is 5.92. The second kappa shape index (κ2) is 6.19. The molecule has 2 N–H and O–H groups in total. The van der Waals surface area contributed by atoms with Crippen LogP contribution < -0.4 is 10.1 Å². The van der Waals surface area contributed by atoms with Crippen LogP contribution in [0.1, 0.15) is 41.2 Å². The van der Waals surface area contributed by atoms with E-state index in [9.17, 15) is 5.11 Å². The van der Waals surface area contributed by atoms with Crippen LogP contribution in [0.25, 0.3) is 10.2 Å². The molecule has 5 nitrogen and oxygen atoms in total. The van der Waals surface area contributed by atoms with Gasteiger partial charge in [0.25, 0.3) is 0 Å². The monoisotopic (exact) mass is 355 g/mol. The fourth-order valence-electron chi connectivity index (χ4n) is 3.50. The molecule has 2 heterocycles. The van der Waals surface area contributed by atoms with Crippen molar-refractivity contribution >= 4 is 27.4 Å². The van der Waals surface area contributed by atoms with Crippen molar-refractivity contribution in [3.05, 3.63) is 40.0 Å². The number of nitrogens with one attached hydrogen (secondary N) is 1. The lowest BCUT2D eigenvalue weighted by molar-refractivity contribution is 0.410. The van der Waals surface area contributed by atoms with Gasteiger partial charge in [0.05, 0.1) is 18.5 Å². The molecule has 2 aromatic heterocycles. The molecule has 0 bridgehead atoms. The molecule has 25 heavy (non-hydrogen) atoms. The minimum absolute atomic E-state index is 0.107. The Morgan fingerprint density at radius 3 is 2.92 bits per heavy atom. The molecule has 1 aromatic carbocycles. The number of benzene rings is 1. The van der Waals surface area contributed by atoms with E-state index < -0.39 is 0 Å². The van der Waals surface area contributed by atoms with Gasteiger partial charge in [-0.2, -0.15) is 0 Å². The molecule has 3 aromatic rings. The van der Waals surface area contributed by atoms with Crippen molar-refractivity contribution < 1.29 is 9.84 Å². The Labute approximate surface area is 150 Å². The van der Waals surface area contributed by atoms with Crippen LogP contribution in [-0.2, 0) is 12.8 Å². The van der Waals surface area contributed by atoms with E-state index in [1.807, 2.05) is 19.9 Å². The summed E-state index contributed by atoms with van der Waals surface area (Å²) in [5, 5.41) is 14.9. The van der Waals surface area contributed by atoms with E-state index in [-0.39, 0.29) is 11.8 Å². The molecule has 130 valence electrons. The van der Waals surface area contributed by atoms with Gasteiger partial charge in [-0.15, -0.1) is 11.3 Å². The number of nitrogens with zero attached hydrogens (tertiary/aromatic N) is 2. The van der Waals surface area contributed by atoms with Gasteiger partial charge in [0.15, 0.2) is 0 Å². The highest BCUT2D eigenvalue weighted by Crippen LogP contribution is 2.40. The Hall–Kier alpha value is -2.34. The molecule has 0 saturated carbocycles. The van der Waals surface area contributed by atoms with Crippen LogP contribution in [0.15, 0.2) is 18.2 Å². The number of aromatic nitrogens is 2. The van der Waals surface area contributed by atoms with Gasteiger partial charge in [-0.25, -0.2) is 9.97 Å². The summed E-state index contributed by atoms with van der Waals surface area (Å²) >= 11 is 1.79. The lowest BCUT2D eigenvalue weighted by Gasteiger charge is -2.18. The first kappa shape index (κ1) is 16.1. The summed E-state index contributed by atoms with van der Waals surface area (Å²) in [6.07, 6.45) is 3.44. The number of hydrogen-bond donors (Lipinski definition) is 2. The highest BCUT2D eigenvalue weighted by Gasteiger charge is 2.23. The van der Waals surface area contributed by atoms with Crippen molar-refractivity contribution in [2.45, 2.75) is 39.2 Å². The molecule has 1 atom stereocenters. The second-order valence-electron chi connectivity index (χ2n) is 6.45. The SMILES string of the molecule is COc1ccc(O)c(C(C)Nc2nc(C)nc3sc4c(c23)CCC4)c1. The summed E-state index contributed by atoms with van der Waals surface area (Å²) < 4.78 is 5.28. The zero-order valence-corrected chi connectivity index (χ0v) is 15.4. The van der Waals surface area contributed by atoms with Crippen LogP contribution in [-0.4, -0.2) is 22.2 Å². The standard InChI is InChI=1S/C19H21N3O2S/c1-10(14-9-12(24-3)7-8-15(14)23)20-18-17-13-5-4-6-16(13)25-19(17)22-11(2)21-18/h7-10,23H,4-6H2,1-3H3,(H,20,21,22). The Morgan fingerprint density at radius 1 is 1.28 bits per heavy atom. The zero-order valence-electron chi connectivity index (χ0n) is 14.6. The first-order chi connectivity index (χ1) is 12.1. The number of aromatic hydroxyl groups is 1. The maximum atomic E-state index is 10.2. The van der Waals surface area contributed by atoms with Gasteiger partial charge >= 0.3 is 0 Å². The number of thiophene rings is 1. The van der Waals surface area contributed by atoms with Crippen molar-refractivity contribution in [2.75, 3.05) is 12.4 Å². The fraction of sp³-hybridized carbons (Fsp3) is 0.368. The number of ether oxygens (including phenoxy) is 1. The molecule has 0 saturated heterocycles. The van der Waals surface area contributed by atoms with E-state index >= 15 is 0 Å². The molecular weight excluding hydrogens is 334 g/mol. The van der Waals surface area contributed by atoms with Crippen LogP contribution in [0.3, 0.4) is 0 Å². The lowest BCUT2D eigenvalue weighted by atomic mass is 10.1. The molecule has 6 heteroatoms. The van der Waals surface area contributed by atoms with E-state index in [1.54, 1.807) is 30.6 Å². The summed E-state index contributed by atoms with van der Waals surface area (Å²) in [5.74, 6) is 2.59. The first-order valence-electron chi connectivity index (χ1n) is 8.49. The van der Waals surface area contributed by atoms with Gasteiger partial charge in [-0.3, -0.25) is 0 Å². The maximum absolute atomic E-state index is 10.2. The Bertz CT molecular complexity index is 951. The van der Waals surface area contributed by atoms with E-state index in [2.05, 4.69) is 15.3 Å². The highest BCUT2D eigenvalue weighted by molar-refractivity contribution is 7.19. The Balaban J connectivity index is 1.75. The lowest BCUT2D eigenvalue weighted by Crippen LogP contribution is -2.10. The van der Waals surface area contributed by atoms with Crippen LogP contribution in [0.2, 0.25) is 0 Å². The summed E-state index contributed by atoms with van der Waals surface area (Å²) in [6.45, 7) is 3.94. The molecule has 0 spiro atoms. The molecule has 0 fully saturated rings. The maximum Gasteiger partial charge on any atom is 0.139 e. The molecule has 0 radical (unpaired) electrons. The number of hydrogen-bond acceptors (Lipinski definition) is 6. The minimum atomic E-state index is -0.107. The van der Waals surface area contributed by atoms with E-state index in [4.69, 9.17) is 4.74 Å². The zero-order chi connectivity index (χ0) is 17.6. The Kier molecular flexibility index (Phi) is 4.00. The number of methoxy groups -OCH3 is 1. The summed E-state index contributed by atoms with van der Waals surface area (Å²) in [4.78, 5) is 11.8. The number of phenolic OH excluding ortho intramolecular Hbond substituents is 1. The predicted octanol–water partition coefficient (Wildman–Crippen LogP) is 4.38. The normalized spacial score (nSPS) is 14.5. The molecule has 1 aliphatic rings. The predicted molar refractivity (Wildman–Crippen MR) is 101 cm³/mol. The van der Waals surface area contributed by atoms with Crippen molar-refractivity contribution in [3.63, 3.8) is 0 Å². The average Bonchev–Trinajstić information content (AvgIpc) is 3.15. The van der Waals surface area contributed by atoms with Crippen molar-refractivity contribution in [1.82, 2.24) is 9.97 Å². The first-order valence-corrected chi connectivity index (χ1v) is 9.30. The summed E-state index contributed by atoms with van der Waals surface area (Å²) in [5.41, 5.74) is 2.18. The van der Waals surface area contributed by atoms with Crippen molar-refractivity contribution in [2.24, 2.45) is 0 Å². The number of phenols is 1. The number of rotatable bonds is 4. The van der Waals surface area contributed by atoms with E-state index in [0.717, 1.165) is 46.0 Å². The molecule has 1 aliphatic carbocycles. The number of fused-ring (bicyclic) bond motifs is 3. The summed E-state index contributed by atoms with van der Waals surface area (Å²) in [7, 11) is 1.63. The minimum Gasteiger partial charge on any atom is -0.508 e. The van der Waals surface area contributed by atoms with Gasteiger partial charge in [0.2, 0.25) is 0 Å².